The van der Waals surface area contributed by atoms with Crippen LogP contribution >= 0.6 is 0 Å². The minimum Gasteiger partial charge on any atom is -0.396 e. The van der Waals surface area contributed by atoms with E-state index in [1.165, 1.54) is 25.7 Å². The zero-order chi connectivity index (χ0) is 10.2. The maximum atomic E-state index is 5.78. The molecule has 0 radical (unpaired) electrons. The van der Waals surface area contributed by atoms with Gasteiger partial charge in [0.2, 0.25) is 0 Å². The van der Waals surface area contributed by atoms with Gasteiger partial charge in [0.1, 0.15) is 0 Å². The highest BCUT2D eigenvalue weighted by Gasteiger charge is 2.35. The lowest BCUT2D eigenvalue weighted by Gasteiger charge is -2.41. The molecule has 14 heavy (non-hydrogen) atoms. The van der Waals surface area contributed by atoms with Crippen molar-refractivity contribution in [1.82, 2.24) is 9.78 Å². The molecular weight excluding hydrogens is 174 g/mol. The van der Waals surface area contributed by atoms with Crippen molar-refractivity contribution in [2.24, 2.45) is 5.41 Å². The highest BCUT2D eigenvalue weighted by atomic mass is 15.3. The molecule has 1 fully saturated rings. The van der Waals surface area contributed by atoms with Crippen LogP contribution < -0.4 is 5.73 Å². The topological polar surface area (TPSA) is 43.8 Å². The lowest BCUT2D eigenvalue weighted by Crippen LogP contribution is -2.34. The first-order chi connectivity index (χ1) is 6.67. The van der Waals surface area contributed by atoms with Crippen molar-refractivity contribution in [3.05, 3.63) is 11.9 Å². The van der Waals surface area contributed by atoms with Crippen molar-refractivity contribution in [2.75, 3.05) is 5.73 Å². The van der Waals surface area contributed by atoms with Gasteiger partial charge in [0.25, 0.3) is 0 Å². The second-order valence-corrected chi connectivity index (χ2v) is 4.55. The normalized spacial score (nSPS) is 19.3. The molecule has 3 nitrogen and oxygen atoms in total. The van der Waals surface area contributed by atoms with E-state index in [0.717, 1.165) is 17.9 Å². The monoisotopic (exact) mass is 193 g/mol. The molecule has 0 spiro atoms. The third-order valence-electron chi connectivity index (χ3n) is 3.79. The molecule has 2 N–H and O–H groups in total. The summed E-state index contributed by atoms with van der Waals surface area (Å²) >= 11 is 0. The Hall–Kier alpha value is -0.990. The molecule has 3 heteroatoms. The Kier molecular flexibility index (Phi) is 2.25. The van der Waals surface area contributed by atoms with Crippen LogP contribution in [0.2, 0.25) is 0 Å². The first-order valence-corrected chi connectivity index (χ1v) is 5.45. The smallest absolute Gasteiger partial charge is 0.0730 e. The fourth-order valence-corrected chi connectivity index (χ4v) is 2.24. The summed E-state index contributed by atoms with van der Waals surface area (Å²) in [6.07, 6.45) is 7.10. The predicted molar refractivity (Wildman–Crippen MR) is 58.0 cm³/mol. The first kappa shape index (κ1) is 9.56. The van der Waals surface area contributed by atoms with E-state index < -0.39 is 0 Å². The summed E-state index contributed by atoms with van der Waals surface area (Å²) in [4.78, 5) is 0. The fraction of sp³-hybridized carbons (Fsp3) is 0.727. The summed E-state index contributed by atoms with van der Waals surface area (Å²) in [5.74, 6) is 0. The van der Waals surface area contributed by atoms with Crippen LogP contribution in [0.25, 0.3) is 0 Å². The van der Waals surface area contributed by atoms with Gasteiger partial charge in [-0.05, 0) is 31.6 Å². The zero-order valence-corrected chi connectivity index (χ0v) is 9.08. The Labute approximate surface area is 85.3 Å². The molecule has 0 aliphatic heterocycles. The van der Waals surface area contributed by atoms with Crippen molar-refractivity contribution in [3.8, 4) is 0 Å². The predicted octanol–water partition coefficient (Wildman–Crippen LogP) is 2.35. The largest absolute Gasteiger partial charge is 0.396 e. The average molecular weight is 193 g/mol. The Morgan fingerprint density at radius 1 is 1.57 bits per heavy atom. The lowest BCUT2D eigenvalue weighted by atomic mass is 9.67. The molecule has 1 heterocycles. The molecule has 0 amide bonds. The third kappa shape index (κ3) is 1.41. The number of anilines is 1. The van der Waals surface area contributed by atoms with E-state index in [0.29, 0.717) is 5.41 Å². The second kappa shape index (κ2) is 3.30. The van der Waals surface area contributed by atoms with E-state index in [2.05, 4.69) is 16.7 Å². The van der Waals surface area contributed by atoms with Gasteiger partial charge < -0.3 is 5.73 Å². The van der Waals surface area contributed by atoms with Gasteiger partial charge in [-0.1, -0.05) is 13.3 Å². The summed E-state index contributed by atoms with van der Waals surface area (Å²) in [6.45, 7) is 5.37. The third-order valence-corrected chi connectivity index (χ3v) is 3.79. The number of nitrogens with two attached hydrogens (primary N) is 1. The minimum atomic E-state index is 0.517. The van der Waals surface area contributed by atoms with Crippen LogP contribution in [0.3, 0.4) is 0 Å². The maximum absolute atomic E-state index is 5.78. The maximum Gasteiger partial charge on any atom is 0.0730 e. The number of aromatic nitrogens is 2. The van der Waals surface area contributed by atoms with Crippen molar-refractivity contribution in [2.45, 2.75) is 46.1 Å². The van der Waals surface area contributed by atoms with Crippen LogP contribution in [-0.2, 0) is 6.54 Å². The molecule has 2 rings (SSSR count). The van der Waals surface area contributed by atoms with E-state index in [1.807, 2.05) is 6.92 Å². The average Bonchev–Trinajstić information content (AvgIpc) is 2.42. The highest BCUT2D eigenvalue weighted by molar-refractivity contribution is 5.39. The summed E-state index contributed by atoms with van der Waals surface area (Å²) in [5.41, 5.74) is 8.22. The molecule has 0 aromatic carbocycles. The van der Waals surface area contributed by atoms with Gasteiger partial charge in [-0.2, -0.15) is 5.10 Å². The molecule has 1 aliphatic carbocycles. The zero-order valence-electron chi connectivity index (χ0n) is 9.08. The molecule has 0 bridgehead atoms. The van der Waals surface area contributed by atoms with Crippen molar-refractivity contribution >= 4 is 5.69 Å². The fourth-order valence-electron chi connectivity index (χ4n) is 2.24. The van der Waals surface area contributed by atoms with Crippen LogP contribution in [0.4, 0.5) is 5.69 Å². The highest BCUT2D eigenvalue weighted by Crippen LogP contribution is 2.45. The number of hydrogen-bond acceptors (Lipinski definition) is 2. The molecule has 0 unspecified atom stereocenters. The van der Waals surface area contributed by atoms with Crippen molar-refractivity contribution < 1.29 is 0 Å². The van der Waals surface area contributed by atoms with Gasteiger partial charge in [0.05, 0.1) is 17.6 Å². The summed E-state index contributed by atoms with van der Waals surface area (Å²) < 4.78 is 2.07. The van der Waals surface area contributed by atoms with E-state index in [4.69, 9.17) is 5.73 Å². The minimum absolute atomic E-state index is 0.517. The number of nitrogen functional groups attached to an aromatic ring is 1. The van der Waals surface area contributed by atoms with Crippen LogP contribution in [0.5, 0.6) is 0 Å². The van der Waals surface area contributed by atoms with Gasteiger partial charge in [-0.25, -0.2) is 0 Å². The molecule has 78 valence electrons. The first-order valence-electron chi connectivity index (χ1n) is 5.45. The van der Waals surface area contributed by atoms with Gasteiger partial charge >= 0.3 is 0 Å². The quantitative estimate of drug-likeness (QED) is 0.800. The number of nitrogens with zero attached hydrogens (tertiary/aromatic N) is 2. The molecular formula is C11H19N3. The van der Waals surface area contributed by atoms with Gasteiger partial charge in [0, 0.05) is 6.54 Å². The molecule has 0 saturated heterocycles. The SMILES string of the molecule is CCC1(Cn2ncc(N)c2C)CCC1. The van der Waals surface area contributed by atoms with Crippen molar-refractivity contribution in [1.29, 1.82) is 0 Å². The van der Waals surface area contributed by atoms with Crippen LogP contribution in [0, 0.1) is 12.3 Å². The number of hydrogen-bond donors (Lipinski definition) is 1. The molecule has 1 saturated carbocycles. The van der Waals surface area contributed by atoms with E-state index in [-0.39, 0.29) is 0 Å². The number of rotatable bonds is 3. The van der Waals surface area contributed by atoms with E-state index in [9.17, 15) is 0 Å². The Bertz CT molecular complexity index is 318. The summed E-state index contributed by atoms with van der Waals surface area (Å²) in [5, 5.41) is 4.32. The molecule has 1 aromatic rings. The van der Waals surface area contributed by atoms with Crippen molar-refractivity contribution in [3.63, 3.8) is 0 Å². The van der Waals surface area contributed by atoms with E-state index in [1.54, 1.807) is 6.20 Å². The van der Waals surface area contributed by atoms with E-state index >= 15 is 0 Å². The Morgan fingerprint density at radius 3 is 2.64 bits per heavy atom. The molecule has 1 aliphatic rings. The molecule has 0 atom stereocenters. The standard InChI is InChI=1S/C11H19N3/c1-3-11(5-4-6-11)8-14-9(2)10(12)7-13-14/h7H,3-6,8,12H2,1-2H3. The van der Waals surface area contributed by atoms with Crippen LogP contribution in [0.1, 0.15) is 38.3 Å². The Morgan fingerprint density at radius 2 is 2.29 bits per heavy atom. The van der Waals surface area contributed by atoms with Gasteiger partial charge in [0.15, 0.2) is 0 Å². The Balaban J connectivity index is 2.13. The van der Waals surface area contributed by atoms with Crippen LogP contribution in [-0.4, -0.2) is 9.78 Å². The second-order valence-electron chi connectivity index (χ2n) is 4.55. The van der Waals surface area contributed by atoms with Gasteiger partial charge in [-0.3, -0.25) is 4.68 Å². The van der Waals surface area contributed by atoms with Crippen LogP contribution in [0.15, 0.2) is 6.20 Å². The molecule has 1 aromatic heterocycles. The lowest BCUT2D eigenvalue weighted by molar-refractivity contribution is 0.0940. The summed E-state index contributed by atoms with van der Waals surface area (Å²) in [7, 11) is 0. The summed E-state index contributed by atoms with van der Waals surface area (Å²) in [6, 6.07) is 0. The van der Waals surface area contributed by atoms with Gasteiger partial charge in [-0.15, -0.1) is 0 Å².